The minimum absolute atomic E-state index is 0.00514. The van der Waals surface area contributed by atoms with E-state index in [9.17, 15) is 8.78 Å². The van der Waals surface area contributed by atoms with Crippen molar-refractivity contribution in [1.82, 2.24) is 0 Å². The Kier molecular flexibility index (Phi) is 3.42. The molecule has 0 aromatic carbocycles. The normalized spacial score (nSPS) is 25.0. The maximum Gasteiger partial charge on any atom is 0.248 e. The zero-order chi connectivity index (χ0) is 13.5. The van der Waals surface area contributed by atoms with Gasteiger partial charge in [0.05, 0.1) is 0 Å². The third kappa shape index (κ3) is 2.33. The third-order valence-electron chi connectivity index (χ3n) is 4.96. The summed E-state index contributed by atoms with van der Waals surface area (Å²) in [5.74, 6) is -2.48. The molecule has 0 atom stereocenters. The number of fused-ring (bicyclic) bond motifs is 1. The topological polar surface area (TPSA) is 26.0 Å². The quantitative estimate of drug-likeness (QED) is 0.872. The van der Waals surface area contributed by atoms with E-state index in [1.807, 2.05) is 11.3 Å². The predicted molar refractivity (Wildman–Crippen MR) is 75.1 cm³/mol. The van der Waals surface area contributed by atoms with E-state index < -0.39 is 5.92 Å². The minimum Gasteiger partial charge on any atom is -0.330 e. The highest BCUT2D eigenvalue weighted by Crippen LogP contribution is 2.48. The summed E-state index contributed by atoms with van der Waals surface area (Å²) in [4.78, 5) is 1.48. The van der Waals surface area contributed by atoms with Crippen molar-refractivity contribution in [2.45, 2.75) is 62.7 Å². The van der Waals surface area contributed by atoms with E-state index in [1.54, 1.807) is 0 Å². The monoisotopic (exact) mass is 285 g/mol. The number of hydrogen-bond donors (Lipinski definition) is 1. The highest BCUT2D eigenvalue weighted by Gasteiger charge is 2.45. The van der Waals surface area contributed by atoms with Crippen LogP contribution in [0.4, 0.5) is 8.78 Å². The van der Waals surface area contributed by atoms with Gasteiger partial charge >= 0.3 is 0 Å². The standard InChI is InChI=1S/C15H21F2NS/c16-15(17)7-5-14(10-18,6-8-15)12-9-19-13-4-2-1-3-11(12)13/h9H,1-8,10,18H2. The van der Waals surface area contributed by atoms with Crippen molar-refractivity contribution in [2.24, 2.45) is 5.73 Å². The predicted octanol–water partition coefficient (Wildman–Crippen LogP) is 4.03. The molecule has 0 saturated heterocycles. The molecule has 0 radical (unpaired) electrons. The molecule has 0 spiro atoms. The van der Waals surface area contributed by atoms with E-state index in [2.05, 4.69) is 5.38 Å². The zero-order valence-electron chi connectivity index (χ0n) is 11.2. The van der Waals surface area contributed by atoms with E-state index in [4.69, 9.17) is 5.73 Å². The molecule has 1 nitrogen and oxygen atoms in total. The van der Waals surface area contributed by atoms with Crippen LogP contribution >= 0.6 is 11.3 Å². The number of alkyl halides is 2. The largest absolute Gasteiger partial charge is 0.330 e. The summed E-state index contributed by atoms with van der Waals surface area (Å²) in [7, 11) is 0. The van der Waals surface area contributed by atoms with Crippen LogP contribution < -0.4 is 5.73 Å². The number of rotatable bonds is 2. The van der Waals surface area contributed by atoms with Gasteiger partial charge in [-0.25, -0.2) is 8.78 Å². The Labute approximate surface area is 117 Å². The molecule has 0 amide bonds. The number of hydrogen-bond acceptors (Lipinski definition) is 2. The Morgan fingerprint density at radius 1 is 1.11 bits per heavy atom. The van der Waals surface area contributed by atoms with Gasteiger partial charge in [-0.3, -0.25) is 0 Å². The second-order valence-electron chi connectivity index (χ2n) is 6.10. The van der Waals surface area contributed by atoms with Crippen LogP contribution in [-0.4, -0.2) is 12.5 Å². The molecule has 1 aromatic heterocycles. The van der Waals surface area contributed by atoms with Gasteiger partial charge in [0.25, 0.3) is 0 Å². The molecule has 1 aromatic rings. The SMILES string of the molecule is NCC1(c2csc3c2CCCC3)CCC(F)(F)CC1. The Morgan fingerprint density at radius 3 is 2.47 bits per heavy atom. The Bertz CT molecular complexity index is 457. The van der Waals surface area contributed by atoms with Gasteiger partial charge in [0.15, 0.2) is 0 Å². The fourth-order valence-corrected chi connectivity index (χ4v) is 4.89. The van der Waals surface area contributed by atoms with Crippen LogP contribution in [0.15, 0.2) is 5.38 Å². The van der Waals surface area contributed by atoms with Crippen molar-refractivity contribution in [1.29, 1.82) is 0 Å². The molecule has 1 heterocycles. The van der Waals surface area contributed by atoms with E-state index in [1.165, 1.54) is 28.8 Å². The molecular weight excluding hydrogens is 264 g/mol. The second kappa shape index (κ2) is 4.81. The van der Waals surface area contributed by atoms with Gasteiger partial charge in [0, 0.05) is 29.7 Å². The molecule has 3 rings (SSSR count). The van der Waals surface area contributed by atoms with Crippen LogP contribution in [0.3, 0.4) is 0 Å². The Morgan fingerprint density at radius 2 is 1.79 bits per heavy atom. The number of aryl methyl sites for hydroxylation is 1. The van der Waals surface area contributed by atoms with Crippen LogP contribution in [0.25, 0.3) is 0 Å². The van der Waals surface area contributed by atoms with Crippen molar-refractivity contribution >= 4 is 11.3 Å². The highest BCUT2D eigenvalue weighted by molar-refractivity contribution is 7.10. The maximum absolute atomic E-state index is 13.4. The van der Waals surface area contributed by atoms with Gasteiger partial charge in [0.1, 0.15) is 0 Å². The Hall–Kier alpha value is -0.480. The van der Waals surface area contributed by atoms with Crippen molar-refractivity contribution in [2.75, 3.05) is 6.54 Å². The van der Waals surface area contributed by atoms with E-state index >= 15 is 0 Å². The first kappa shape index (κ1) is 13.5. The zero-order valence-corrected chi connectivity index (χ0v) is 12.0. The fourth-order valence-electron chi connectivity index (χ4n) is 3.62. The van der Waals surface area contributed by atoms with Crippen LogP contribution in [0.1, 0.15) is 54.5 Å². The smallest absolute Gasteiger partial charge is 0.248 e. The van der Waals surface area contributed by atoms with Gasteiger partial charge < -0.3 is 5.73 Å². The molecule has 2 N–H and O–H groups in total. The first-order chi connectivity index (χ1) is 9.06. The first-order valence-corrected chi connectivity index (χ1v) is 8.12. The van der Waals surface area contributed by atoms with Crippen molar-refractivity contribution in [3.05, 3.63) is 21.4 Å². The molecule has 0 aliphatic heterocycles. The lowest BCUT2D eigenvalue weighted by molar-refractivity contribution is -0.0509. The minimum atomic E-state index is -2.48. The van der Waals surface area contributed by atoms with Gasteiger partial charge in [-0.15, -0.1) is 11.3 Å². The lowest BCUT2D eigenvalue weighted by Gasteiger charge is -2.40. The average molecular weight is 285 g/mol. The molecule has 19 heavy (non-hydrogen) atoms. The molecule has 2 aliphatic carbocycles. The molecule has 0 unspecified atom stereocenters. The number of nitrogens with two attached hydrogens (primary N) is 1. The van der Waals surface area contributed by atoms with Crippen LogP contribution in [-0.2, 0) is 18.3 Å². The molecule has 0 bridgehead atoms. The first-order valence-electron chi connectivity index (χ1n) is 7.24. The molecule has 1 fully saturated rings. The fraction of sp³-hybridized carbons (Fsp3) is 0.733. The van der Waals surface area contributed by atoms with Crippen molar-refractivity contribution in [3.8, 4) is 0 Å². The van der Waals surface area contributed by atoms with E-state index in [0.717, 1.165) is 12.8 Å². The molecule has 4 heteroatoms. The summed E-state index contributed by atoms with van der Waals surface area (Å²) in [6.07, 6.45) is 5.85. The van der Waals surface area contributed by atoms with Crippen molar-refractivity contribution in [3.63, 3.8) is 0 Å². The molecule has 1 saturated carbocycles. The lowest BCUT2D eigenvalue weighted by Crippen LogP contribution is -2.42. The number of halogens is 2. The van der Waals surface area contributed by atoms with Crippen molar-refractivity contribution < 1.29 is 8.78 Å². The summed E-state index contributed by atoms with van der Waals surface area (Å²) in [6.45, 7) is 0.506. The summed E-state index contributed by atoms with van der Waals surface area (Å²) in [6, 6.07) is 0. The maximum atomic E-state index is 13.4. The summed E-state index contributed by atoms with van der Waals surface area (Å²) in [5, 5.41) is 2.21. The van der Waals surface area contributed by atoms with Crippen LogP contribution in [0.5, 0.6) is 0 Å². The van der Waals surface area contributed by atoms with Gasteiger partial charge in [0.2, 0.25) is 5.92 Å². The summed E-state index contributed by atoms with van der Waals surface area (Å²) >= 11 is 1.82. The van der Waals surface area contributed by atoms with E-state index in [-0.39, 0.29) is 18.3 Å². The summed E-state index contributed by atoms with van der Waals surface area (Å²) in [5.41, 5.74) is 8.59. The average Bonchev–Trinajstić information content (AvgIpc) is 2.84. The highest BCUT2D eigenvalue weighted by atomic mass is 32.1. The van der Waals surface area contributed by atoms with Crippen LogP contribution in [0, 0.1) is 0 Å². The molecule has 106 valence electrons. The Balaban J connectivity index is 1.92. The molecular formula is C15H21F2NS. The molecule has 2 aliphatic rings. The van der Waals surface area contributed by atoms with Gasteiger partial charge in [-0.2, -0.15) is 0 Å². The van der Waals surface area contributed by atoms with E-state index in [0.29, 0.717) is 19.4 Å². The van der Waals surface area contributed by atoms with Gasteiger partial charge in [-0.1, -0.05) is 0 Å². The number of thiophene rings is 1. The van der Waals surface area contributed by atoms with Gasteiger partial charge in [-0.05, 0) is 55.0 Å². The third-order valence-corrected chi connectivity index (χ3v) is 6.05. The summed E-state index contributed by atoms with van der Waals surface area (Å²) < 4.78 is 26.9. The second-order valence-corrected chi connectivity index (χ2v) is 7.06. The van der Waals surface area contributed by atoms with Crippen LogP contribution in [0.2, 0.25) is 0 Å². The lowest BCUT2D eigenvalue weighted by atomic mass is 9.67.